The van der Waals surface area contributed by atoms with Gasteiger partial charge in [0, 0.05) is 5.56 Å². The minimum Gasteiger partial charge on any atom is -0.426 e. The van der Waals surface area contributed by atoms with Gasteiger partial charge < -0.3 is 14.2 Å². The van der Waals surface area contributed by atoms with E-state index in [4.69, 9.17) is 14.2 Å². The van der Waals surface area contributed by atoms with Gasteiger partial charge in [0.05, 0.1) is 17.6 Å². The summed E-state index contributed by atoms with van der Waals surface area (Å²) in [5.41, 5.74) is 1.45. The van der Waals surface area contributed by atoms with Crippen LogP contribution in [0.4, 0.5) is 0 Å². The average molecular weight is 316 g/mol. The number of esters is 1. The first-order chi connectivity index (χ1) is 10.8. The van der Waals surface area contributed by atoms with Crippen molar-refractivity contribution in [1.29, 1.82) is 0 Å². The van der Waals surface area contributed by atoms with Crippen LogP contribution in [0.15, 0.2) is 18.2 Å². The van der Waals surface area contributed by atoms with E-state index < -0.39 is 29.6 Å². The molecule has 3 heterocycles. The Morgan fingerprint density at radius 1 is 1.26 bits per heavy atom. The van der Waals surface area contributed by atoms with Crippen LogP contribution in [-0.2, 0) is 19.1 Å². The van der Waals surface area contributed by atoms with Gasteiger partial charge in [0.25, 0.3) is 0 Å². The summed E-state index contributed by atoms with van der Waals surface area (Å²) < 4.78 is 17.0. The van der Waals surface area contributed by atoms with Crippen LogP contribution in [0.1, 0.15) is 38.0 Å². The molecule has 4 rings (SSSR count). The second kappa shape index (κ2) is 4.65. The first-order valence-corrected chi connectivity index (χ1v) is 7.99. The lowest BCUT2D eigenvalue weighted by atomic mass is 9.78. The molecule has 1 aromatic carbocycles. The number of fused-ring (bicyclic) bond motifs is 3. The number of carbonyl (C=O) groups is 2. The number of carbonyl (C=O) groups excluding carboxylic acids is 2. The number of benzene rings is 1. The molecule has 3 aliphatic rings. The predicted octanol–water partition coefficient (Wildman–Crippen LogP) is 2.35. The van der Waals surface area contributed by atoms with Crippen LogP contribution in [0, 0.1) is 18.8 Å². The third-order valence-corrected chi connectivity index (χ3v) is 5.21. The van der Waals surface area contributed by atoms with Gasteiger partial charge in [-0.3, -0.25) is 9.59 Å². The Balaban J connectivity index is 1.72. The van der Waals surface area contributed by atoms with Gasteiger partial charge in [-0.25, -0.2) is 0 Å². The molecule has 0 amide bonds. The molecule has 2 saturated heterocycles. The zero-order valence-electron chi connectivity index (χ0n) is 13.7. The van der Waals surface area contributed by atoms with Crippen LogP contribution in [0.2, 0.25) is 0 Å². The fourth-order valence-corrected chi connectivity index (χ4v) is 3.94. The largest absolute Gasteiger partial charge is 0.426 e. The quantitative estimate of drug-likeness (QED) is 0.476. The maximum Gasteiger partial charge on any atom is 0.318 e. The molecule has 0 radical (unpaired) electrons. The Labute approximate surface area is 134 Å². The Kier molecular flexibility index (Phi) is 3.00. The molecule has 2 fully saturated rings. The number of ketones is 1. The van der Waals surface area contributed by atoms with E-state index in [1.165, 1.54) is 0 Å². The molecule has 0 unspecified atom stereocenters. The Morgan fingerprint density at radius 3 is 2.61 bits per heavy atom. The summed E-state index contributed by atoms with van der Waals surface area (Å²) in [5, 5.41) is 0. The van der Waals surface area contributed by atoms with Gasteiger partial charge in [-0.15, -0.1) is 0 Å². The summed E-state index contributed by atoms with van der Waals surface area (Å²) in [6.07, 6.45) is -1.21. The number of hydrogen-bond acceptors (Lipinski definition) is 5. The van der Waals surface area contributed by atoms with Gasteiger partial charge in [0.2, 0.25) is 0 Å². The maximum absolute atomic E-state index is 12.8. The summed E-state index contributed by atoms with van der Waals surface area (Å²) in [7, 11) is 0. The van der Waals surface area contributed by atoms with Crippen LogP contribution >= 0.6 is 0 Å². The van der Waals surface area contributed by atoms with E-state index in [9.17, 15) is 9.59 Å². The summed E-state index contributed by atoms with van der Waals surface area (Å²) in [5.74, 6) is -1.00. The fourth-order valence-electron chi connectivity index (χ4n) is 3.94. The molecule has 23 heavy (non-hydrogen) atoms. The van der Waals surface area contributed by atoms with Crippen molar-refractivity contribution in [3.63, 3.8) is 0 Å². The highest BCUT2D eigenvalue weighted by atomic mass is 16.6. The molecule has 5 atom stereocenters. The van der Waals surface area contributed by atoms with Gasteiger partial charge >= 0.3 is 5.97 Å². The summed E-state index contributed by atoms with van der Waals surface area (Å²) in [6, 6.07) is 5.58. The summed E-state index contributed by atoms with van der Waals surface area (Å²) >= 11 is 0. The first kappa shape index (κ1) is 14.8. The van der Waals surface area contributed by atoms with E-state index in [1.54, 1.807) is 6.07 Å². The predicted molar refractivity (Wildman–Crippen MR) is 81.0 cm³/mol. The van der Waals surface area contributed by atoms with E-state index in [0.717, 1.165) is 11.1 Å². The van der Waals surface area contributed by atoms with Gasteiger partial charge in [0.15, 0.2) is 5.78 Å². The number of ether oxygens (including phenoxy) is 3. The molecular weight excluding hydrogens is 296 g/mol. The van der Waals surface area contributed by atoms with E-state index in [1.807, 2.05) is 39.8 Å². The molecule has 0 bridgehead atoms. The van der Waals surface area contributed by atoms with Crippen LogP contribution in [0.3, 0.4) is 0 Å². The van der Waals surface area contributed by atoms with Crippen molar-refractivity contribution in [3.05, 3.63) is 29.3 Å². The monoisotopic (exact) mass is 316 g/mol. The van der Waals surface area contributed by atoms with Gasteiger partial charge in [-0.05, 0) is 39.3 Å². The summed E-state index contributed by atoms with van der Waals surface area (Å²) in [4.78, 5) is 25.3. The van der Waals surface area contributed by atoms with Crippen molar-refractivity contribution in [2.45, 2.75) is 51.6 Å². The highest BCUT2D eigenvalue weighted by Crippen LogP contribution is 2.52. The lowest BCUT2D eigenvalue weighted by Gasteiger charge is -2.28. The van der Waals surface area contributed by atoms with Gasteiger partial charge in [0.1, 0.15) is 23.9 Å². The second-order valence-corrected chi connectivity index (χ2v) is 7.22. The number of Topliss-reactive ketones (excluding diaryl/α,β-unsaturated/α-hetero) is 1. The molecule has 3 aliphatic heterocycles. The highest BCUT2D eigenvalue weighted by Gasteiger charge is 2.61. The van der Waals surface area contributed by atoms with Gasteiger partial charge in [-0.2, -0.15) is 0 Å². The first-order valence-electron chi connectivity index (χ1n) is 7.99. The smallest absolute Gasteiger partial charge is 0.318 e. The SMILES string of the molecule is Cc1cccc2c1[C@@H]1O[C@@H](C)[C@@H](C(=O)[C@@H]3OC3(C)C)[C@H]1C(=O)O2. The van der Waals surface area contributed by atoms with Crippen molar-refractivity contribution in [2.24, 2.45) is 11.8 Å². The van der Waals surface area contributed by atoms with E-state index >= 15 is 0 Å². The zero-order chi connectivity index (χ0) is 16.5. The maximum atomic E-state index is 12.8. The van der Waals surface area contributed by atoms with Crippen molar-refractivity contribution in [3.8, 4) is 5.75 Å². The molecule has 122 valence electrons. The molecule has 0 spiro atoms. The molecule has 5 heteroatoms. The van der Waals surface area contributed by atoms with Crippen LogP contribution in [0.25, 0.3) is 0 Å². The highest BCUT2D eigenvalue weighted by molar-refractivity contribution is 5.94. The Morgan fingerprint density at radius 2 is 1.96 bits per heavy atom. The third-order valence-electron chi connectivity index (χ3n) is 5.21. The molecule has 0 saturated carbocycles. The molecule has 0 N–H and O–H groups in total. The van der Waals surface area contributed by atoms with Crippen LogP contribution in [0.5, 0.6) is 5.75 Å². The van der Waals surface area contributed by atoms with E-state index in [0.29, 0.717) is 5.75 Å². The average Bonchev–Trinajstić information content (AvgIpc) is 2.96. The normalized spacial score (nSPS) is 36.9. The molecule has 0 aliphatic carbocycles. The lowest BCUT2D eigenvalue weighted by Crippen LogP contribution is -2.40. The third kappa shape index (κ3) is 2.07. The Bertz CT molecular complexity index is 707. The topological polar surface area (TPSA) is 65.1 Å². The van der Waals surface area contributed by atoms with E-state index in [2.05, 4.69) is 0 Å². The van der Waals surface area contributed by atoms with Crippen molar-refractivity contribution < 1.29 is 23.8 Å². The number of aryl methyl sites for hydroxylation is 1. The van der Waals surface area contributed by atoms with Crippen molar-refractivity contribution in [1.82, 2.24) is 0 Å². The summed E-state index contributed by atoms with van der Waals surface area (Å²) in [6.45, 7) is 7.57. The molecule has 0 aromatic heterocycles. The van der Waals surface area contributed by atoms with E-state index in [-0.39, 0.29) is 17.9 Å². The number of hydrogen-bond donors (Lipinski definition) is 0. The van der Waals surface area contributed by atoms with Crippen LogP contribution in [-0.4, -0.2) is 29.6 Å². The molecular formula is C18H20O5. The second-order valence-electron chi connectivity index (χ2n) is 7.22. The standard InChI is InChI=1S/C18H20O5/c1-8-6-5-7-10-11(8)15-13(17(20)22-10)12(9(2)21-15)14(19)16-18(3,4)23-16/h5-7,9,12-13,15-16H,1-4H3/t9-,12+,13+,15-,16-/m0/s1. The van der Waals surface area contributed by atoms with Gasteiger partial charge in [-0.1, -0.05) is 12.1 Å². The van der Waals surface area contributed by atoms with Crippen LogP contribution < -0.4 is 4.74 Å². The number of epoxide rings is 1. The Hall–Kier alpha value is -1.72. The molecule has 1 aromatic rings. The minimum absolute atomic E-state index is 0.0519. The van der Waals surface area contributed by atoms with Crippen molar-refractivity contribution >= 4 is 11.8 Å². The molecule has 5 nitrogen and oxygen atoms in total. The number of rotatable bonds is 2. The fraction of sp³-hybridized carbons (Fsp3) is 0.556. The minimum atomic E-state index is -0.592. The zero-order valence-corrected chi connectivity index (χ0v) is 13.7. The van der Waals surface area contributed by atoms with Crippen molar-refractivity contribution in [2.75, 3.05) is 0 Å². The lowest BCUT2D eigenvalue weighted by molar-refractivity contribution is -0.146.